The molecular weight excluding hydrogens is 420 g/mol. The van der Waals surface area contributed by atoms with Crippen molar-refractivity contribution in [3.63, 3.8) is 0 Å². The molecule has 1 aliphatic rings. The van der Waals surface area contributed by atoms with E-state index in [0.717, 1.165) is 24.5 Å². The number of piperazine rings is 1. The number of nitrogens with zero attached hydrogens (tertiary/aromatic N) is 3. The van der Waals surface area contributed by atoms with E-state index in [0.29, 0.717) is 31.0 Å². The number of aromatic nitrogens is 1. The Morgan fingerprint density at radius 3 is 2.45 bits per heavy atom. The number of carbonyl (C=O) groups is 1. The first-order chi connectivity index (χ1) is 14.9. The summed E-state index contributed by atoms with van der Waals surface area (Å²) >= 11 is 0. The predicted molar refractivity (Wildman–Crippen MR) is 112 cm³/mol. The second-order valence-corrected chi connectivity index (χ2v) is 9.20. The number of rotatable bonds is 7. The molecule has 0 spiro atoms. The van der Waals surface area contributed by atoms with Crippen LogP contribution < -0.4 is 4.72 Å². The van der Waals surface area contributed by atoms with Crippen molar-refractivity contribution in [2.24, 2.45) is 0 Å². The number of amides is 1. The second kappa shape index (κ2) is 9.04. The summed E-state index contributed by atoms with van der Waals surface area (Å²) in [5, 5.41) is 3.90. The summed E-state index contributed by atoms with van der Waals surface area (Å²) in [6, 6.07) is 11.3. The number of sulfonamides is 1. The SMILES string of the molecule is Cc1cc(CN2CCN(C(=O)c3ccc(S(=O)(=O)NCc4ccco4)cc3)CC2)on1. The van der Waals surface area contributed by atoms with Gasteiger partial charge in [0, 0.05) is 37.8 Å². The Hall–Kier alpha value is -2.95. The number of hydrogen-bond donors (Lipinski definition) is 1. The van der Waals surface area contributed by atoms with Gasteiger partial charge in [-0.3, -0.25) is 9.69 Å². The van der Waals surface area contributed by atoms with Gasteiger partial charge in [0.05, 0.1) is 29.9 Å². The zero-order valence-electron chi connectivity index (χ0n) is 17.2. The Bertz CT molecular complexity index is 1110. The summed E-state index contributed by atoms with van der Waals surface area (Å²) in [6.07, 6.45) is 1.49. The fourth-order valence-corrected chi connectivity index (χ4v) is 4.44. The third-order valence-corrected chi connectivity index (χ3v) is 6.56. The highest BCUT2D eigenvalue weighted by atomic mass is 32.2. The van der Waals surface area contributed by atoms with Gasteiger partial charge in [0.2, 0.25) is 10.0 Å². The molecule has 1 N–H and O–H groups in total. The predicted octanol–water partition coefficient (Wildman–Crippen LogP) is 2.01. The lowest BCUT2D eigenvalue weighted by molar-refractivity contribution is 0.0617. The van der Waals surface area contributed by atoms with Gasteiger partial charge in [-0.2, -0.15) is 0 Å². The van der Waals surface area contributed by atoms with E-state index in [-0.39, 0.29) is 17.3 Å². The van der Waals surface area contributed by atoms with Crippen molar-refractivity contribution in [3.05, 3.63) is 71.5 Å². The number of carbonyl (C=O) groups excluding carboxylic acids is 1. The smallest absolute Gasteiger partial charge is 0.253 e. The van der Waals surface area contributed by atoms with Crippen LogP contribution in [0.25, 0.3) is 0 Å². The van der Waals surface area contributed by atoms with Crippen LogP contribution in [0.4, 0.5) is 0 Å². The van der Waals surface area contributed by atoms with Crippen molar-refractivity contribution < 1.29 is 22.2 Å². The molecule has 1 amide bonds. The lowest BCUT2D eigenvalue weighted by Crippen LogP contribution is -2.48. The van der Waals surface area contributed by atoms with Gasteiger partial charge in [-0.25, -0.2) is 13.1 Å². The minimum atomic E-state index is -3.69. The summed E-state index contributed by atoms with van der Waals surface area (Å²) in [5.41, 5.74) is 1.31. The van der Waals surface area contributed by atoms with Crippen LogP contribution in [0.15, 0.2) is 62.6 Å². The Morgan fingerprint density at radius 1 is 1.10 bits per heavy atom. The summed E-state index contributed by atoms with van der Waals surface area (Å²) in [7, 11) is -3.69. The molecule has 10 heteroatoms. The van der Waals surface area contributed by atoms with E-state index < -0.39 is 10.0 Å². The summed E-state index contributed by atoms with van der Waals surface area (Å²) in [5.74, 6) is 1.23. The number of aryl methyl sites for hydroxylation is 1. The minimum absolute atomic E-state index is 0.0634. The monoisotopic (exact) mass is 444 g/mol. The van der Waals surface area contributed by atoms with E-state index >= 15 is 0 Å². The van der Waals surface area contributed by atoms with Gasteiger partial charge < -0.3 is 13.8 Å². The topological polar surface area (TPSA) is 109 Å². The highest BCUT2D eigenvalue weighted by molar-refractivity contribution is 7.89. The molecule has 0 bridgehead atoms. The van der Waals surface area contributed by atoms with E-state index in [9.17, 15) is 13.2 Å². The van der Waals surface area contributed by atoms with E-state index in [4.69, 9.17) is 8.94 Å². The Labute approximate surface area is 180 Å². The van der Waals surface area contributed by atoms with Crippen LogP contribution in [-0.4, -0.2) is 55.5 Å². The molecule has 1 aromatic carbocycles. The number of nitrogens with one attached hydrogen (secondary N) is 1. The number of furan rings is 1. The number of hydrogen-bond acceptors (Lipinski definition) is 7. The first-order valence-corrected chi connectivity index (χ1v) is 11.4. The van der Waals surface area contributed by atoms with Gasteiger partial charge >= 0.3 is 0 Å². The Balaban J connectivity index is 1.32. The first-order valence-electron chi connectivity index (χ1n) is 9.97. The fourth-order valence-electron chi connectivity index (χ4n) is 3.44. The first kappa shape index (κ1) is 21.3. The van der Waals surface area contributed by atoms with Crippen molar-refractivity contribution in [2.75, 3.05) is 26.2 Å². The molecule has 31 heavy (non-hydrogen) atoms. The molecule has 0 radical (unpaired) electrons. The molecule has 0 unspecified atom stereocenters. The molecule has 0 atom stereocenters. The van der Waals surface area contributed by atoms with E-state index in [2.05, 4.69) is 14.8 Å². The zero-order chi connectivity index (χ0) is 21.8. The maximum atomic E-state index is 12.8. The molecule has 164 valence electrons. The fraction of sp³-hybridized carbons (Fsp3) is 0.333. The van der Waals surface area contributed by atoms with Crippen molar-refractivity contribution >= 4 is 15.9 Å². The van der Waals surface area contributed by atoms with Gasteiger partial charge in [0.1, 0.15) is 5.76 Å². The average molecular weight is 445 g/mol. The number of benzene rings is 1. The molecule has 4 rings (SSSR count). The quantitative estimate of drug-likeness (QED) is 0.594. The second-order valence-electron chi connectivity index (χ2n) is 7.43. The van der Waals surface area contributed by atoms with Crippen LogP contribution in [0.2, 0.25) is 0 Å². The molecule has 9 nitrogen and oxygen atoms in total. The van der Waals surface area contributed by atoms with Crippen LogP contribution in [0.1, 0.15) is 27.6 Å². The maximum absolute atomic E-state index is 12.8. The third-order valence-electron chi connectivity index (χ3n) is 5.14. The van der Waals surface area contributed by atoms with Crippen LogP contribution in [0.5, 0.6) is 0 Å². The van der Waals surface area contributed by atoms with E-state index in [1.807, 2.05) is 13.0 Å². The van der Waals surface area contributed by atoms with Crippen molar-refractivity contribution in [1.82, 2.24) is 19.7 Å². The highest BCUT2D eigenvalue weighted by Gasteiger charge is 2.23. The molecule has 1 fully saturated rings. The van der Waals surface area contributed by atoms with Crippen LogP contribution >= 0.6 is 0 Å². The Morgan fingerprint density at radius 2 is 1.84 bits per heavy atom. The normalized spacial score (nSPS) is 15.3. The average Bonchev–Trinajstić information content (AvgIpc) is 3.44. The molecule has 0 aliphatic carbocycles. The van der Waals surface area contributed by atoms with Gasteiger partial charge in [-0.15, -0.1) is 0 Å². The molecule has 1 saturated heterocycles. The van der Waals surface area contributed by atoms with E-state index in [1.54, 1.807) is 29.2 Å². The maximum Gasteiger partial charge on any atom is 0.253 e. The van der Waals surface area contributed by atoms with Crippen molar-refractivity contribution in [2.45, 2.75) is 24.9 Å². The highest BCUT2D eigenvalue weighted by Crippen LogP contribution is 2.15. The standard InChI is InChI=1S/C21H24N4O5S/c1-16-13-19(30-23-16)15-24-8-10-25(11-9-24)21(26)17-4-6-20(7-5-17)31(27,28)22-14-18-3-2-12-29-18/h2-7,12-13,22H,8-11,14-15H2,1H3. The van der Waals surface area contributed by atoms with Gasteiger partial charge in [-0.05, 0) is 43.3 Å². The van der Waals surface area contributed by atoms with Gasteiger partial charge in [0.25, 0.3) is 5.91 Å². The molecule has 0 saturated carbocycles. The molecule has 3 aromatic rings. The summed E-state index contributed by atoms with van der Waals surface area (Å²) in [4.78, 5) is 16.9. The van der Waals surface area contributed by atoms with Crippen LogP contribution in [0.3, 0.4) is 0 Å². The van der Waals surface area contributed by atoms with Crippen LogP contribution in [-0.2, 0) is 23.1 Å². The summed E-state index contributed by atoms with van der Waals surface area (Å²) < 4.78 is 37.7. The van der Waals surface area contributed by atoms with Crippen molar-refractivity contribution in [3.8, 4) is 0 Å². The van der Waals surface area contributed by atoms with Gasteiger partial charge in [-0.1, -0.05) is 5.16 Å². The van der Waals surface area contributed by atoms with Crippen LogP contribution in [0, 0.1) is 6.92 Å². The van der Waals surface area contributed by atoms with E-state index in [1.165, 1.54) is 18.4 Å². The molecular formula is C21H24N4O5S. The molecule has 2 aromatic heterocycles. The lowest BCUT2D eigenvalue weighted by Gasteiger charge is -2.34. The third kappa shape index (κ3) is 5.22. The largest absolute Gasteiger partial charge is 0.468 e. The Kier molecular flexibility index (Phi) is 6.21. The van der Waals surface area contributed by atoms with Gasteiger partial charge in [0.15, 0.2) is 5.76 Å². The molecule has 3 heterocycles. The van der Waals surface area contributed by atoms with Crippen molar-refractivity contribution in [1.29, 1.82) is 0 Å². The zero-order valence-corrected chi connectivity index (χ0v) is 18.0. The minimum Gasteiger partial charge on any atom is -0.468 e. The summed E-state index contributed by atoms with van der Waals surface area (Å²) in [6.45, 7) is 5.26. The lowest BCUT2D eigenvalue weighted by atomic mass is 10.2. The molecule has 1 aliphatic heterocycles.